The van der Waals surface area contributed by atoms with E-state index in [0.29, 0.717) is 36.8 Å². The Kier molecular flexibility index (Phi) is 5.31. The number of anilines is 3. The van der Waals surface area contributed by atoms with Crippen molar-refractivity contribution in [3.05, 3.63) is 47.2 Å². The number of alkyl halides is 3. The van der Waals surface area contributed by atoms with Crippen LogP contribution in [0.25, 0.3) is 10.9 Å². The first-order valence-electron chi connectivity index (χ1n) is 9.29. The van der Waals surface area contributed by atoms with E-state index in [9.17, 15) is 13.2 Å². The largest absolute Gasteiger partial charge is 0.522 e. The molecule has 1 fully saturated rings. The third kappa shape index (κ3) is 4.43. The van der Waals surface area contributed by atoms with Gasteiger partial charge in [-0.1, -0.05) is 11.6 Å². The number of pyridine rings is 1. The second-order valence-corrected chi connectivity index (χ2v) is 7.48. The van der Waals surface area contributed by atoms with Gasteiger partial charge in [0.05, 0.1) is 11.1 Å². The first-order chi connectivity index (χ1) is 13.8. The van der Waals surface area contributed by atoms with E-state index in [-0.39, 0.29) is 0 Å². The lowest BCUT2D eigenvalue weighted by Crippen LogP contribution is -2.39. The third-order valence-corrected chi connectivity index (χ3v) is 5.45. The average molecular weight is 425 g/mol. The van der Waals surface area contributed by atoms with Gasteiger partial charge in [0.25, 0.3) is 0 Å². The molecule has 5 nitrogen and oxygen atoms in total. The molecule has 1 aromatic carbocycles. The number of benzene rings is 1. The SMILES string of the molecule is Cc1c(N2CCC(OC(F)(F)F)CC2)ccnc1Nc1cc(Cl)c2cc[nH]c2c1. The zero-order chi connectivity index (χ0) is 20.6. The summed E-state index contributed by atoms with van der Waals surface area (Å²) in [6, 6.07) is 7.59. The molecule has 1 aliphatic heterocycles. The van der Waals surface area contributed by atoms with E-state index in [4.69, 9.17) is 11.6 Å². The highest BCUT2D eigenvalue weighted by atomic mass is 35.5. The summed E-state index contributed by atoms with van der Waals surface area (Å²) in [5, 5.41) is 4.87. The third-order valence-electron chi connectivity index (χ3n) is 5.14. The predicted molar refractivity (Wildman–Crippen MR) is 108 cm³/mol. The van der Waals surface area contributed by atoms with E-state index in [1.807, 2.05) is 37.4 Å². The fraction of sp³-hybridized carbons (Fsp3) is 0.350. The van der Waals surface area contributed by atoms with Gasteiger partial charge in [-0.15, -0.1) is 13.2 Å². The van der Waals surface area contributed by atoms with Crippen molar-refractivity contribution in [1.82, 2.24) is 9.97 Å². The van der Waals surface area contributed by atoms with Crippen LogP contribution in [-0.2, 0) is 4.74 Å². The van der Waals surface area contributed by atoms with Crippen molar-refractivity contribution in [3.63, 3.8) is 0 Å². The highest BCUT2D eigenvalue weighted by molar-refractivity contribution is 6.35. The number of nitrogens with one attached hydrogen (secondary N) is 2. The van der Waals surface area contributed by atoms with Gasteiger partial charge in [0.2, 0.25) is 0 Å². The summed E-state index contributed by atoms with van der Waals surface area (Å²) >= 11 is 6.34. The molecule has 0 bridgehead atoms. The minimum Gasteiger partial charge on any atom is -0.371 e. The Hall–Kier alpha value is -2.45. The number of halogens is 4. The summed E-state index contributed by atoms with van der Waals surface area (Å²) < 4.78 is 41.4. The van der Waals surface area contributed by atoms with Gasteiger partial charge in [-0.3, -0.25) is 4.74 Å². The number of nitrogens with zero attached hydrogens (tertiary/aromatic N) is 2. The Balaban J connectivity index is 1.50. The van der Waals surface area contributed by atoms with Crippen LogP contribution >= 0.6 is 11.6 Å². The molecule has 3 heterocycles. The number of aromatic amines is 1. The minimum atomic E-state index is -4.59. The normalized spacial score (nSPS) is 15.8. The lowest BCUT2D eigenvalue weighted by molar-refractivity contribution is -0.344. The number of piperidine rings is 1. The number of H-pyrrole nitrogens is 1. The molecule has 4 rings (SSSR count). The van der Waals surface area contributed by atoms with Crippen LogP contribution < -0.4 is 10.2 Å². The highest BCUT2D eigenvalue weighted by Gasteiger charge is 2.35. The number of rotatable bonds is 4. The molecule has 0 saturated carbocycles. The number of hydrogen-bond acceptors (Lipinski definition) is 4. The van der Waals surface area contributed by atoms with E-state index < -0.39 is 12.5 Å². The van der Waals surface area contributed by atoms with Gasteiger partial charge >= 0.3 is 6.36 Å². The summed E-state index contributed by atoms with van der Waals surface area (Å²) in [7, 11) is 0. The Morgan fingerprint density at radius 3 is 2.72 bits per heavy atom. The van der Waals surface area contributed by atoms with Gasteiger partial charge in [-0.25, -0.2) is 4.98 Å². The number of fused-ring (bicyclic) bond motifs is 1. The molecule has 0 spiro atoms. The molecule has 1 aliphatic rings. The van der Waals surface area contributed by atoms with Crippen LogP contribution in [0.5, 0.6) is 0 Å². The van der Waals surface area contributed by atoms with E-state index in [2.05, 4.69) is 24.9 Å². The van der Waals surface area contributed by atoms with Crippen LogP contribution in [0.2, 0.25) is 5.02 Å². The van der Waals surface area contributed by atoms with Crippen LogP contribution in [0.1, 0.15) is 18.4 Å². The van der Waals surface area contributed by atoms with Crippen molar-refractivity contribution < 1.29 is 17.9 Å². The van der Waals surface area contributed by atoms with Crippen LogP contribution in [0.4, 0.5) is 30.4 Å². The molecule has 0 amide bonds. The fourth-order valence-electron chi connectivity index (χ4n) is 3.73. The number of aromatic nitrogens is 2. The Morgan fingerprint density at radius 1 is 1.24 bits per heavy atom. The lowest BCUT2D eigenvalue weighted by Gasteiger charge is -2.34. The summed E-state index contributed by atoms with van der Waals surface area (Å²) in [5.41, 5.74) is 3.58. The minimum absolute atomic E-state index is 0.323. The summed E-state index contributed by atoms with van der Waals surface area (Å²) in [4.78, 5) is 9.63. The molecule has 29 heavy (non-hydrogen) atoms. The fourth-order valence-corrected chi connectivity index (χ4v) is 4.01. The first-order valence-corrected chi connectivity index (χ1v) is 9.67. The zero-order valence-corrected chi connectivity index (χ0v) is 16.4. The van der Waals surface area contributed by atoms with Crippen molar-refractivity contribution >= 4 is 39.7 Å². The van der Waals surface area contributed by atoms with Gasteiger partial charge in [-0.2, -0.15) is 0 Å². The Bertz CT molecular complexity index is 1010. The van der Waals surface area contributed by atoms with E-state index in [0.717, 1.165) is 27.8 Å². The van der Waals surface area contributed by atoms with Gasteiger partial charge in [-0.05, 0) is 44.0 Å². The Labute approximate surface area is 170 Å². The van der Waals surface area contributed by atoms with Crippen LogP contribution in [0.3, 0.4) is 0 Å². The predicted octanol–water partition coefficient (Wildman–Crippen LogP) is 5.77. The van der Waals surface area contributed by atoms with Gasteiger partial charge in [0.1, 0.15) is 5.82 Å². The molecule has 154 valence electrons. The zero-order valence-electron chi connectivity index (χ0n) is 15.7. The molecule has 0 aliphatic carbocycles. The maximum atomic E-state index is 12.4. The smallest absolute Gasteiger partial charge is 0.371 e. The quantitative estimate of drug-likeness (QED) is 0.558. The second-order valence-electron chi connectivity index (χ2n) is 7.08. The van der Waals surface area contributed by atoms with E-state index >= 15 is 0 Å². The Morgan fingerprint density at radius 2 is 2.00 bits per heavy atom. The first kappa shape index (κ1) is 19.8. The molecule has 0 atom stereocenters. The summed E-state index contributed by atoms with van der Waals surface area (Å²) in [5.74, 6) is 0.679. The molecule has 0 radical (unpaired) electrons. The molecule has 1 saturated heterocycles. The van der Waals surface area contributed by atoms with Gasteiger partial charge in [0.15, 0.2) is 0 Å². The van der Waals surface area contributed by atoms with Crippen molar-refractivity contribution in [2.75, 3.05) is 23.3 Å². The number of hydrogen-bond donors (Lipinski definition) is 2. The van der Waals surface area contributed by atoms with Gasteiger partial charge < -0.3 is 15.2 Å². The van der Waals surface area contributed by atoms with Crippen molar-refractivity contribution in [2.45, 2.75) is 32.2 Å². The number of ether oxygens (including phenoxy) is 1. The van der Waals surface area contributed by atoms with Crippen molar-refractivity contribution in [2.24, 2.45) is 0 Å². The lowest BCUT2D eigenvalue weighted by atomic mass is 10.1. The second kappa shape index (κ2) is 7.76. The average Bonchev–Trinajstić information content (AvgIpc) is 3.12. The standard InChI is InChI=1S/C20H20ClF3N4O/c1-12-18(28-8-4-14(5-9-28)29-20(22,23)24)3-7-26-19(12)27-13-10-16(21)15-2-6-25-17(15)11-13/h2-3,6-7,10-11,14,25H,4-5,8-9H2,1H3,(H,26,27). The van der Waals surface area contributed by atoms with E-state index in [1.54, 1.807) is 6.20 Å². The molecule has 2 aromatic heterocycles. The molecule has 2 N–H and O–H groups in total. The van der Waals surface area contributed by atoms with Crippen LogP contribution in [-0.4, -0.2) is 35.5 Å². The van der Waals surface area contributed by atoms with Crippen molar-refractivity contribution in [1.29, 1.82) is 0 Å². The van der Waals surface area contributed by atoms with Gasteiger partial charge in [0, 0.05) is 53.3 Å². The molecular formula is C20H20ClF3N4O. The van der Waals surface area contributed by atoms with Crippen LogP contribution in [0, 0.1) is 6.92 Å². The van der Waals surface area contributed by atoms with E-state index in [1.165, 1.54) is 0 Å². The molecular weight excluding hydrogens is 405 g/mol. The molecule has 0 unspecified atom stereocenters. The molecule has 3 aromatic rings. The van der Waals surface area contributed by atoms with Crippen molar-refractivity contribution in [3.8, 4) is 0 Å². The maximum Gasteiger partial charge on any atom is 0.522 e. The molecule has 9 heteroatoms. The highest BCUT2D eigenvalue weighted by Crippen LogP contribution is 2.33. The summed E-state index contributed by atoms with van der Waals surface area (Å²) in [6.07, 6.45) is -1.21. The van der Waals surface area contributed by atoms with Crippen LogP contribution in [0.15, 0.2) is 36.7 Å². The summed E-state index contributed by atoms with van der Waals surface area (Å²) in [6.45, 7) is 2.92. The topological polar surface area (TPSA) is 53.2 Å². The monoisotopic (exact) mass is 424 g/mol. The maximum absolute atomic E-state index is 12.4.